The average Bonchev–Trinajstić information content (AvgIpc) is 3.12. The normalized spacial score (nSPS) is 22.6. The Kier molecular flexibility index (Phi) is 8.10. The van der Waals surface area contributed by atoms with Crippen LogP contribution in [0.25, 0.3) is 0 Å². The van der Waals surface area contributed by atoms with Gasteiger partial charge in [0.15, 0.2) is 12.4 Å². The Hall–Kier alpha value is -2.59. The second-order valence-electron chi connectivity index (χ2n) is 8.16. The van der Waals surface area contributed by atoms with Crippen LogP contribution in [0, 0.1) is 6.92 Å². The fraction of sp³-hybridized carbons (Fsp3) is 0.308. The molecular formula is C26H28O7S. The first kappa shape index (κ1) is 24.5. The van der Waals surface area contributed by atoms with Gasteiger partial charge in [-0.3, -0.25) is 4.18 Å². The van der Waals surface area contributed by atoms with Gasteiger partial charge in [-0.05, 0) is 30.2 Å². The Morgan fingerprint density at radius 2 is 1.41 bits per heavy atom. The highest BCUT2D eigenvalue weighted by molar-refractivity contribution is 7.86. The summed E-state index contributed by atoms with van der Waals surface area (Å²) in [5.74, 6) is 0. The molecule has 0 saturated carbocycles. The number of aliphatic hydroxyl groups excluding tert-OH is 1. The van der Waals surface area contributed by atoms with Gasteiger partial charge in [-0.2, -0.15) is 8.42 Å². The highest BCUT2D eigenvalue weighted by atomic mass is 32.2. The Bertz CT molecular complexity index is 1130. The van der Waals surface area contributed by atoms with E-state index in [4.69, 9.17) is 18.4 Å². The Balaban J connectivity index is 1.48. The SMILES string of the molecule is Cc1ccc(S(=O)(=O)O[C@H]2C(O)O[C@H](COCc3ccccc3)[C@@H]2OCc2ccccc2)cc1. The standard InChI is InChI=1S/C26H28O7S/c1-19-12-14-22(15-13-19)34(28,29)33-25-24(31-17-21-10-6-3-7-11-21)23(32-26(25)27)18-30-16-20-8-4-2-5-9-20/h2-15,23-27H,16-18H2,1H3/t23-,24+,25-,26?/m1/s1. The van der Waals surface area contributed by atoms with Crippen molar-refractivity contribution in [2.75, 3.05) is 6.61 Å². The van der Waals surface area contributed by atoms with Crippen molar-refractivity contribution in [1.29, 1.82) is 0 Å². The van der Waals surface area contributed by atoms with Crippen LogP contribution in [-0.2, 0) is 41.7 Å². The summed E-state index contributed by atoms with van der Waals surface area (Å²) in [7, 11) is -4.16. The van der Waals surface area contributed by atoms with E-state index in [0.717, 1.165) is 16.7 Å². The summed E-state index contributed by atoms with van der Waals surface area (Å²) in [6.45, 7) is 2.49. The van der Waals surface area contributed by atoms with Gasteiger partial charge in [0.1, 0.15) is 12.2 Å². The summed E-state index contributed by atoms with van der Waals surface area (Å²) in [6.07, 6.45) is -4.33. The van der Waals surface area contributed by atoms with Crippen molar-refractivity contribution in [3.05, 3.63) is 102 Å². The lowest BCUT2D eigenvalue weighted by atomic mass is 10.1. The van der Waals surface area contributed by atoms with Crippen LogP contribution in [0.2, 0.25) is 0 Å². The molecule has 1 N–H and O–H groups in total. The predicted octanol–water partition coefficient (Wildman–Crippen LogP) is 3.59. The molecule has 0 aliphatic carbocycles. The maximum absolute atomic E-state index is 12.9. The van der Waals surface area contributed by atoms with Crippen molar-refractivity contribution < 1.29 is 31.9 Å². The fourth-order valence-electron chi connectivity index (χ4n) is 3.69. The Morgan fingerprint density at radius 3 is 2.03 bits per heavy atom. The van der Waals surface area contributed by atoms with Crippen molar-refractivity contribution in [2.45, 2.75) is 49.6 Å². The first-order valence-corrected chi connectivity index (χ1v) is 12.4. The van der Waals surface area contributed by atoms with E-state index >= 15 is 0 Å². The number of benzene rings is 3. The van der Waals surface area contributed by atoms with Gasteiger partial charge in [-0.1, -0.05) is 78.4 Å². The van der Waals surface area contributed by atoms with E-state index in [1.807, 2.05) is 67.6 Å². The summed E-state index contributed by atoms with van der Waals surface area (Å²) >= 11 is 0. The van der Waals surface area contributed by atoms with Crippen molar-refractivity contribution in [3.63, 3.8) is 0 Å². The van der Waals surface area contributed by atoms with Gasteiger partial charge in [0.2, 0.25) is 0 Å². The smallest absolute Gasteiger partial charge is 0.297 e. The highest BCUT2D eigenvalue weighted by Crippen LogP contribution is 2.30. The number of aryl methyl sites for hydroxylation is 1. The maximum atomic E-state index is 12.9. The number of hydrogen-bond acceptors (Lipinski definition) is 7. The summed E-state index contributed by atoms with van der Waals surface area (Å²) < 4.78 is 48.7. The predicted molar refractivity (Wildman–Crippen MR) is 125 cm³/mol. The molecule has 180 valence electrons. The van der Waals surface area contributed by atoms with Crippen LogP contribution >= 0.6 is 0 Å². The summed E-state index contributed by atoms with van der Waals surface area (Å²) in [6, 6.07) is 25.4. The quantitative estimate of drug-likeness (QED) is 0.440. The van der Waals surface area contributed by atoms with Gasteiger partial charge in [0.05, 0.1) is 24.7 Å². The van der Waals surface area contributed by atoms with E-state index < -0.39 is 34.7 Å². The van der Waals surface area contributed by atoms with E-state index in [1.54, 1.807) is 12.1 Å². The van der Waals surface area contributed by atoms with E-state index in [0.29, 0.717) is 6.61 Å². The van der Waals surface area contributed by atoms with Crippen molar-refractivity contribution >= 4 is 10.1 Å². The van der Waals surface area contributed by atoms with Crippen molar-refractivity contribution in [3.8, 4) is 0 Å². The second-order valence-corrected chi connectivity index (χ2v) is 9.73. The molecule has 0 amide bonds. The summed E-state index contributed by atoms with van der Waals surface area (Å²) in [4.78, 5) is -0.00381. The molecule has 1 saturated heterocycles. The van der Waals surface area contributed by atoms with Crippen LogP contribution < -0.4 is 0 Å². The molecule has 4 atom stereocenters. The van der Waals surface area contributed by atoms with Crippen molar-refractivity contribution in [1.82, 2.24) is 0 Å². The Labute approximate surface area is 200 Å². The average molecular weight is 485 g/mol. The lowest BCUT2D eigenvalue weighted by Crippen LogP contribution is -2.40. The molecule has 0 radical (unpaired) electrons. The minimum Gasteiger partial charge on any atom is -0.374 e. The van der Waals surface area contributed by atoms with Gasteiger partial charge in [-0.15, -0.1) is 0 Å². The van der Waals surface area contributed by atoms with Crippen LogP contribution in [0.4, 0.5) is 0 Å². The van der Waals surface area contributed by atoms with Gasteiger partial charge >= 0.3 is 0 Å². The number of ether oxygens (including phenoxy) is 3. The third kappa shape index (κ3) is 6.29. The second kappa shape index (κ2) is 11.2. The monoisotopic (exact) mass is 484 g/mol. The molecule has 8 heteroatoms. The summed E-state index contributed by atoms with van der Waals surface area (Å²) in [5.41, 5.74) is 2.80. The molecule has 0 spiro atoms. The zero-order chi connectivity index (χ0) is 24.0. The van der Waals surface area contributed by atoms with Gasteiger partial charge in [-0.25, -0.2) is 0 Å². The third-order valence-electron chi connectivity index (χ3n) is 5.51. The van der Waals surface area contributed by atoms with Gasteiger partial charge in [0, 0.05) is 0 Å². The molecular weight excluding hydrogens is 456 g/mol. The molecule has 1 fully saturated rings. The molecule has 7 nitrogen and oxygen atoms in total. The van der Waals surface area contributed by atoms with Crippen LogP contribution in [0.5, 0.6) is 0 Å². The highest BCUT2D eigenvalue weighted by Gasteiger charge is 2.48. The van der Waals surface area contributed by atoms with E-state index in [-0.39, 0.29) is 18.1 Å². The molecule has 4 rings (SSSR count). The Morgan fingerprint density at radius 1 is 0.824 bits per heavy atom. The minimum absolute atomic E-state index is 0.00381. The van der Waals surface area contributed by atoms with Crippen LogP contribution in [0.1, 0.15) is 16.7 Å². The summed E-state index contributed by atoms with van der Waals surface area (Å²) in [5, 5.41) is 10.6. The number of aliphatic hydroxyl groups is 1. The van der Waals surface area contributed by atoms with Gasteiger partial charge in [0.25, 0.3) is 10.1 Å². The van der Waals surface area contributed by atoms with Crippen LogP contribution in [0.3, 0.4) is 0 Å². The minimum atomic E-state index is -4.16. The van der Waals surface area contributed by atoms with Crippen LogP contribution in [-0.4, -0.2) is 44.7 Å². The molecule has 1 aliphatic rings. The van der Waals surface area contributed by atoms with Crippen LogP contribution in [0.15, 0.2) is 89.8 Å². The molecule has 1 heterocycles. The third-order valence-corrected chi connectivity index (χ3v) is 6.84. The largest absolute Gasteiger partial charge is 0.374 e. The zero-order valence-electron chi connectivity index (χ0n) is 18.8. The molecule has 3 aromatic carbocycles. The lowest BCUT2D eigenvalue weighted by Gasteiger charge is -2.23. The van der Waals surface area contributed by atoms with E-state index in [1.165, 1.54) is 12.1 Å². The molecule has 0 aromatic heterocycles. The molecule has 1 aliphatic heterocycles. The number of rotatable bonds is 10. The first-order valence-electron chi connectivity index (χ1n) is 11.0. The lowest BCUT2D eigenvalue weighted by molar-refractivity contribution is -0.133. The molecule has 3 aromatic rings. The molecule has 0 bridgehead atoms. The molecule has 34 heavy (non-hydrogen) atoms. The zero-order valence-corrected chi connectivity index (χ0v) is 19.6. The topological polar surface area (TPSA) is 91.3 Å². The maximum Gasteiger partial charge on any atom is 0.297 e. The van der Waals surface area contributed by atoms with E-state index in [9.17, 15) is 13.5 Å². The first-order chi connectivity index (χ1) is 16.4. The number of hydrogen-bond donors (Lipinski definition) is 1. The van der Waals surface area contributed by atoms with Gasteiger partial charge < -0.3 is 19.3 Å². The molecule has 1 unspecified atom stereocenters. The van der Waals surface area contributed by atoms with E-state index in [2.05, 4.69) is 0 Å². The fourth-order valence-corrected chi connectivity index (χ4v) is 4.76. The van der Waals surface area contributed by atoms with Crippen molar-refractivity contribution in [2.24, 2.45) is 0 Å².